The predicted molar refractivity (Wildman–Crippen MR) is 139 cm³/mol. The second-order valence-electron chi connectivity index (χ2n) is 9.23. The molecule has 35 heavy (non-hydrogen) atoms. The van der Waals surface area contributed by atoms with Crippen molar-refractivity contribution in [2.75, 3.05) is 39.4 Å². The van der Waals surface area contributed by atoms with Crippen LogP contribution in [0.2, 0.25) is 5.02 Å². The smallest absolute Gasteiger partial charge is 0.243 e. The third-order valence-corrected chi connectivity index (χ3v) is 8.78. The Hall–Kier alpha value is -2.32. The van der Waals surface area contributed by atoms with Gasteiger partial charge in [0.15, 0.2) is 11.5 Å². The SMILES string of the molecule is O=S(=O)(c1ccc2cc(Cl)ccc2c1)N(CCCCN1CCCC1)Cc1ccc2c(c1)OCCO2. The van der Waals surface area contributed by atoms with Gasteiger partial charge in [-0.2, -0.15) is 4.31 Å². The third kappa shape index (κ3) is 5.75. The van der Waals surface area contributed by atoms with Gasteiger partial charge in [0.25, 0.3) is 0 Å². The molecule has 0 saturated carbocycles. The minimum Gasteiger partial charge on any atom is -0.486 e. The van der Waals surface area contributed by atoms with Crippen molar-refractivity contribution in [3.8, 4) is 11.5 Å². The van der Waals surface area contributed by atoms with Crippen LogP contribution in [-0.4, -0.2) is 57.0 Å². The maximum absolute atomic E-state index is 13.8. The van der Waals surface area contributed by atoms with Gasteiger partial charge in [-0.1, -0.05) is 29.8 Å². The molecule has 0 N–H and O–H groups in total. The quantitative estimate of drug-likeness (QED) is 0.361. The first kappa shape index (κ1) is 24.4. The van der Waals surface area contributed by atoms with E-state index in [0.717, 1.165) is 48.8 Å². The van der Waals surface area contributed by atoms with Crippen LogP contribution < -0.4 is 9.47 Å². The fourth-order valence-electron chi connectivity index (χ4n) is 4.81. The zero-order chi connectivity index (χ0) is 24.3. The van der Waals surface area contributed by atoms with Crippen LogP contribution in [0.4, 0.5) is 0 Å². The van der Waals surface area contributed by atoms with E-state index in [0.29, 0.717) is 41.2 Å². The van der Waals surface area contributed by atoms with E-state index < -0.39 is 10.0 Å². The molecule has 5 rings (SSSR count). The molecule has 0 aromatic heterocycles. The Morgan fingerprint density at radius 3 is 2.43 bits per heavy atom. The largest absolute Gasteiger partial charge is 0.486 e. The van der Waals surface area contributed by atoms with Crippen LogP contribution in [0.15, 0.2) is 59.5 Å². The van der Waals surface area contributed by atoms with Gasteiger partial charge in [-0.3, -0.25) is 0 Å². The summed E-state index contributed by atoms with van der Waals surface area (Å²) in [5.74, 6) is 1.37. The molecule has 186 valence electrons. The monoisotopic (exact) mass is 514 g/mol. The van der Waals surface area contributed by atoms with Crippen molar-refractivity contribution in [2.24, 2.45) is 0 Å². The van der Waals surface area contributed by atoms with Crippen molar-refractivity contribution in [1.29, 1.82) is 0 Å². The molecule has 6 nitrogen and oxygen atoms in total. The minimum absolute atomic E-state index is 0.279. The lowest BCUT2D eigenvalue weighted by Crippen LogP contribution is -2.32. The summed E-state index contributed by atoms with van der Waals surface area (Å²) >= 11 is 6.11. The molecule has 3 aromatic rings. The molecule has 0 radical (unpaired) electrons. The lowest BCUT2D eigenvalue weighted by molar-refractivity contribution is 0.171. The number of hydrogen-bond donors (Lipinski definition) is 0. The lowest BCUT2D eigenvalue weighted by atomic mass is 10.1. The second kappa shape index (κ2) is 10.7. The van der Waals surface area contributed by atoms with Gasteiger partial charge in [-0.15, -0.1) is 0 Å². The third-order valence-electron chi connectivity index (χ3n) is 6.71. The van der Waals surface area contributed by atoms with Crippen LogP contribution in [0.5, 0.6) is 11.5 Å². The Morgan fingerprint density at radius 2 is 1.60 bits per heavy atom. The van der Waals surface area contributed by atoms with Crippen LogP contribution in [0.1, 0.15) is 31.2 Å². The lowest BCUT2D eigenvalue weighted by Gasteiger charge is -2.24. The summed E-state index contributed by atoms with van der Waals surface area (Å²) in [7, 11) is -3.71. The summed E-state index contributed by atoms with van der Waals surface area (Å²) in [6.07, 6.45) is 4.31. The Kier molecular flexibility index (Phi) is 7.48. The van der Waals surface area contributed by atoms with E-state index in [9.17, 15) is 8.42 Å². The van der Waals surface area contributed by atoms with E-state index in [2.05, 4.69) is 4.90 Å². The van der Waals surface area contributed by atoms with E-state index in [1.807, 2.05) is 36.4 Å². The molecule has 0 aliphatic carbocycles. The Balaban J connectivity index is 1.38. The zero-order valence-corrected chi connectivity index (χ0v) is 21.4. The summed E-state index contributed by atoms with van der Waals surface area (Å²) in [6, 6.07) is 16.4. The van der Waals surface area contributed by atoms with Crippen molar-refractivity contribution < 1.29 is 17.9 Å². The summed E-state index contributed by atoms with van der Waals surface area (Å²) in [6.45, 7) is 5.09. The normalized spacial score (nSPS) is 16.3. The maximum Gasteiger partial charge on any atom is 0.243 e. The molecule has 0 amide bonds. The first-order valence-electron chi connectivity index (χ1n) is 12.3. The molecule has 0 atom stereocenters. The summed E-state index contributed by atoms with van der Waals surface area (Å²) in [5, 5.41) is 2.40. The number of nitrogens with zero attached hydrogens (tertiary/aromatic N) is 2. The maximum atomic E-state index is 13.8. The fourth-order valence-corrected chi connectivity index (χ4v) is 6.49. The van der Waals surface area contributed by atoms with E-state index in [1.54, 1.807) is 22.5 Å². The van der Waals surface area contributed by atoms with Crippen LogP contribution in [-0.2, 0) is 16.6 Å². The molecule has 0 spiro atoms. The molecule has 2 aliphatic heterocycles. The highest BCUT2D eigenvalue weighted by Gasteiger charge is 2.26. The van der Waals surface area contributed by atoms with Crippen LogP contribution in [0, 0.1) is 0 Å². The standard InChI is InChI=1S/C27H31ClN2O4S/c28-24-8-6-23-19-25(9-7-22(23)18-24)35(31,32)30(14-4-3-13-29-11-1-2-12-29)20-21-5-10-26-27(17-21)34-16-15-33-26/h5-10,17-19H,1-4,11-16,20H2. The predicted octanol–water partition coefficient (Wildman–Crippen LogP) is 5.33. The van der Waals surface area contributed by atoms with Gasteiger partial charge in [0.1, 0.15) is 13.2 Å². The van der Waals surface area contributed by atoms with Gasteiger partial charge in [0.2, 0.25) is 10.0 Å². The number of rotatable bonds is 9. The molecule has 2 heterocycles. The number of sulfonamides is 1. The average molecular weight is 515 g/mol. The highest BCUT2D eigenvalue weighted by Crippen LogP contribution is 2.32. The Labute approximate surface area is 212 Å². The van der Waals surface area contributed by atoms with Gasteiger partial charge in [-0.25, -0.2) is 8.42 Å². The van der Waals surface area contributed by atoms with E-state index >= 15 is 0 Å². The molecule has 0 unspecified atom stereocenters. The minimum atomic E-state index is -3.71. The number of ether oxygens (including phenoxy) is 2. The van der Waals surface area contributed by atoms with E-state index in [1.165, 1.54) is 12.8 Å². The van der Waals surface area contributed by atoms with Crippen molar-refractivity contribution >= 4 is 32.4 Å². The first-order chi connectivity index (χ1) is 17.0. The summed E-state index contributed by atoms with van der Waals surface area (Å²) in [4.78, 5) is 2.76. The Morgan fingerprint density at radius 1 is 0.857 bits per heavy atom. The van der Waals surface area contributed by atoms with Gasteiger partial charge < -0.3 is 14.4 Å². The van der Waals surface area contributed by atoms with Gasteiger partial charge in [0.05, 0.1) is 4.90 Å². The molecule has 3 aromatic carbocycles. The van der Waals surface area contributed by atoms with Crippen LogP contribution >= 0.6 is 11.6 Å². The topological polar surface area (TPSA) is 59.1 Å². The zero-order valence-electron chi connectivity index (χ0n) is 19.8. The molecular formula is C27H31ClN2O4S. The van der Waals surface area contributed by atoms with E-state index in [-0.39, 0.29) is 6.54 Å². The van der Waals surface area contributed by atoms with Crippen molar-refractivity contribution in [1.82, 2.24) is 9.21 Å². The molecular weight excluding hydrogens is 484 g/mol. The summed E-state index contributed by atoms with van der Waals surface area (Å²) < 4.78 is 40.6. The van der Waals surface area contributed by atoms with Crippen molar-refractivity contribution in [3.05, 3.63) is 65.2 Å². The van der Waals surface area contributed by atoms with Gasteiger partial charge in [-0.05, 0) is 98.1 Å². The number of fused-ring (bicyclic) bond motifs is 2. The number of unbranched alkanes of at least 4 members (excludes halogenated alkanes) is 1. The molecule has 1 saturated heterocycles. The van der Waals surface area contributed by atoms with Crippen molar-refractivity contribution in [2.45, 2.75) is 37.1 Å². The fraction of sp³-hybridized carbons (Fsp3) is 0.407. The Bertz CT molecular complexity index is 1290. The first-order valence-corrected chi connectivity index (χ1v) is 14.1. The van der Waals surface area contributed by atoms with Gasteiger partial charge >= 0.3 is 0 Å². The average Bonchev–Trinajstić information content (AvgIpc) is 3.39. The van der Waals surface area contributed by atoms with Gasteiger partial charge in [0, 0.05) is 18.1 Å². The molecule has 8 heteroatoms. The number of halogens is 1. The van der Waals surface area contributed by atoms with Crippen molar-refractivity contribution in [3.63, 3.8) is 0 Å². The second-order valence-corrected chi connectivity index (χ2v) is 11.6. The molecule has 1 fully saturated rings. The molecule has 2 aliphatic rings. The number of hydrogen-bond acceptors (Lipinski definition) is 5. The number of benzene rings is 3. The van der Waals surface area contributed by atoms with E-state index in [4.69, 9.17) is 21.1 Å². The highest BCUT2D eigenvalue weighted by molar-refractivity contribution is 7.89. The van der Waals surface area contributed by atoms with Crippen LogP contribution in [0.25, 0.3) is 10.8 Å². The summed E-state index contributed by atoms with van der Waals surface area (Å²) in [5.41, 5.74) is 0.880. The highest BCUT2D eigenvalue weighted by atomic mass is 35.5. The number of likely N-dealkylation sites (tertiary alicyclic amines) is 1. The van der Waals surface area contributed by atoms with Crippen LogP contribution in [0.3, 0.4) is 0 Å². The molecule has 0 bridgehead atoms.